The highest BCUT2D eigenvalue weighted by Gasteiger charge is 2.37. The Morgan fingerprint density at radius 2 is 1.80 bits per heavy atom. The first-order chi connectivity index (χ1) is 16.8. The van der Waals surface area contributed by atoms with Crippen LogP contribution in [0.5, 0.6) is 5.75 Å². The van der Waals surface area contributed by atoms with Crippen LogP contribution in [0.25, 0.3) is 0 Å². The lowest BCUT2D eigenvalue weighted by molar-refractivity contribution is -0.123. The molecule has 2 amide bonds. The number of carbonyl (C=O) groups is 2. The number of hydrogen-bond acceptors (Lipinski definition) is 5. The van der Waals surface area contributed by atoms with Gasteiger partial charge in [0.15, 0.2) is 5.69 Å². The van der Waals surface area contributed by atoms with Crippen LogP contribution >= 0.6 is 34.7 Å². The Labute approximate surface area is 219 Å². The lowest BCUT2D eigenvalue weighted by Crippen LogP contribution is -2.46. The summed E-state index contributed by atoms with van der Waals surface area (Å²) in [6.07, 6.45) is 3.99. The van der Waals surface area contributed by atoms with Crippen molar-refractivity contribution in [1.82, 2.24) is 9.69 Å². The van der Waals surface area contributed by atoms with Crippen LogP contribution in [0.2, 0.25) is 9.36 Å². The second kappa shape index (κ2) is 11.0. The van der Waals surface area contributed by atoms with Crippen LogP contribution in [0.3, 0.4) is 0 Å². The van der Waals surface area contributed by atoms with Gasteiger partial charge in [0.1, 0.15) is 21.2 Å². The number of nitrogens with zero attached hydrogens (tertiary/aromatic N) is 2. The Morgan fingerprint density at radius 3 is 2.40 bits per heavy atom. The zero-order valence-corrected chi connectivity index (χ0v) is 22.1. The lowest BCUT2D eigenvalue weighted by atomic mass is 9.99. The summed E-state index contributed by atoms with van der Waals surface area (Å²) >= 11 is 13.5. The van der Waals surface area contributed by atoms with Gasteiger partial charge in [-0.3, -0.25) is 14.5 Å². The fourth-order valence-corrected chi connectivity index (χ4v) is 5.41. The lowest BCUT2D eigenvalue weighted by Gasteiger charge is -2.33. The van der Waals surface area contributed by atoms with E-state index in [9.17, 15) is 9.59 Å². The number of rotatable bonds is 7. The number of halogens is 2. The second-order valence-electron chi connectivity index (χ2n) is 8.68. The maximum Gasteiger partial charge on any atom is 0.280 e. The van der Waals surface area contributed by atoms with Gasteiger partial charge in [-0.1, -0.05) is 60.3 Å². The molecule has 6 nitrogen and oxygen atoms in total. The predicted molar refractivity (Wildman–Crippen MR) is 141 cm³/mol. The Hall–Kier alpha value is -2.61. The number of anilines is 1. The molecule has 0 spiro atoms. The van der Waals surface area contributed by atoms with Gasteiger partial charge in [0.25, 0.3) is 5.91 Å². The SMILES string of the molecule is COc1ccc(C(C(=O)NC2CCCC2)N(C(=O)c2nsc(Cl)c2Cl)c2cccc(C)c2C)cc1. The quantitative estimate of drug-likeness (QED) is 0.376. The van der Waals surface area contributed by atoms with Crippen molar-refractivity contribution in [2.45, 2.75) is 51.6 Å². The molecule has 35 heavy (non-hydrogen) atoms. The predicted octanol–water partition coefficient (Wildman–Crippen LogP) is 6.52. The van der Waals surface area contributed by atoms with Gasteiger partial charge in [-0.25, -0.2) is 0 Å². The maximum absolute atomic E-state index is 14.0. The molecule has 9 heteroatoms. The summed E-state index contributed by atoms with van der Waals surface area (Å²) in [6, 6.07) is 12.0. The van der Waals surface area contributed by atoms with Crippen molar-refractivity contribution in [2.24, 2.45) is 0 Å². The van der Waals surface area contributed by atoms with Crippen LogP contribution in [0.15, 0.2) is 42.5 Å². The number of aryl methyl sites for hydroxylation is 1. The average molecular weight is 532 g/mol. The van der Waals surface area contributed by atoms with E-state index in [4.69, 9.17) is 27.9 Å². The van der Waals surface area contributed by atoms with Gasteiger partial charge in [0, 0.05) is 11.7 Å². The van der Waals surface area contributed by atoms with Crippen molar-refractivity contribution in [2.75, 3.05) is 12.0 Å². The second-order valence-corrected chi connectivity index (χ2v) is 10.4. The highest BCUT2D eigenvalue weighted by molar-refractivity contribution is 7.11. The smallest absolute Gasteiger partial charge is 0.280 e. The van der Waals surface area contributed by atoms with E-state index in [0.29, 0.717) is 17.0 Å². The zero-order chi connectivity index (χ0) is 25.1. The molecule has 0 saturated heterocycles. The maximum atomic E-state index is 14.0. The monoisotopic (exact) mass is 531 g/mol. The molecule has 184 valence electrons. The van der Waals surface area contributed by atoms with Crippen molar-refractivity contribution < 1.29 is 14.3 Å². The number of aromatic nitrogens is 1. The third-order valence-electron chi connectivity index (χ3n) is 6.49. The molecule has 1 heterocycles. The number of nitrogens with one attached hydrogen (secondary N) is 1. The van der Waals surface area contributed by atoms with Crippen molar-refractivity contribution >= 4 is 52.2 Å². The van der Waals surface area contributed by atoms with E-state index in [-0.39, 0.29) is 27.0 Å². The summed E-state index contributed by atoms with van der Waals surface area (Å²) < 4.78 is 9.75. The summed E-state index contributed by atoms with van der Waals surface area (Å²) in [5.74, 6) is -0.0920. The van der Waals surface area contributed by atoms with Crippen molar-refractivity contribution in [3.63, 3.8) is 0 Å². The first-order valence-corrected chi connectivity index (χ1v) is 13.0. The molecule has 1 saturated carbocycles. The average Bonchev–Trinajstić information content (AvgIpc) is 3.49. The van der Waals surface area contributed by atoms with Gasteiger partial charge < -0.3 is 10.1 Å². The minimum Gasteiger partial charge on any atom is -0.497 e. The molecule has 0 bridgehead atoms. The largest absolute Gasteiger partial charge is 0.497 e. The number of ether oxygens (including phenoxy) is 1. The van der Waals surface area contributed by atoms with Gasteiger partial charge in [-0.15, -0.1) is 0 Å². The van der Waals surface area contributed by atoms with Gasteiger partial charge in [-0.2, -0.15) is 4.37 Å². The minimum atomic E-state index is -0.953. The molecule has 4 rings (SSSR count). The Bertz CT molecular complexity index is 1220. The topological polar surface area (TPSA) is 71.5 Å². The van der Waals surface area contributed by atoms with E-state index in [1.54, 1.807) is 31.4 Å². The summed E-state index contributed by atoms with van der Waals surface area (Å²) in [5, 5.41) is 3.26. The summed E-state index contributed by atoms with van der Waals surface area (Å²) in [7, 11) is 1.58. The summed E-state index contributed by atoms with van der Waals surface area (Å²) in [4.78, 5) is 29.4. The molecule has 1 fully saturated rings. The zero-order valence-electron chi connectivity index (χ0n) is 19.8. The molecule has 1 atom stereocenters. The Morgan fingerprint density at radius 1 is 1.11 bits per heavy atom. The standard InChI is InChI=1S/C26H27Cl2N3O3S/c1-15-7-6-10-20(16(15)2)31(26(33)22-21(27)24(28)35-30-22)23(17-11-13-19(34-3)14-12-17)25(32)29-18-8-4-5-9-18/h6-7,10-14,18,23H,4-5,8-9H2,1-3H3,(H,29,32). The van der Waals surface area contributed by atoms with Gasteiger partial charge in [0.2, 0.25) is 5.91 Å². The van der Waals surface area contributed by atoms with Crippen LogP contribution in [-0.4, -0.2) is 29.3 Å². The molecule has 3 aromatic rings. The third-order valence-corrected chi connectivity index (χ3v) is 8.11. The van der Waals surface area contributed by atoms with Crippen LogP contribution < -0.4 is 15.0 Å². The van der Waals surface area contributed by atoms with Crippen molar-refractivity contribution in [1.29, 1.82) is 0 Å². The Kier molecular flexibility index (Phi) is 7.99. The first-order valence-electron chi connectivity index (χ1n) is 11.5. The van der Waals surface area contributed by atoms with Gasteiger partial charge >= 0.3 is 0 Å². The number of benzene rings is 2. The summed E-state index contributed by atoms with van der Waals surface area (Å²) in [5.41, 5.74) is 3.15. The number of methoxy groups -OCH3 is 1. The van der Waals surface area contributed by atoms with Crippen molar-refractivity contribution in [3.8, 4) is 5.75 Å². The molecule has 0 radical (unpaired) electrons. The van der Waals surface area contributed by atoms with E-state index < -0.39 is 11.9 Å². The fourth-order valence-electron chi connectivity index (χ4n) is 4.42. The van der Waals surface area contributed by atoms with E-state index in [0.717, 1.165) is 48.3 Å². The highest BCUT2D eigenvalue weighted by Crippen LogP contribution is 2.37. The van der Waals surface area contributed by atoms with E-state index in [1.165, 1.54) is 4.90 Å². The number of hydrogen-bond donors (Lipinski definition) is 1. The molecule has 1 aromatic heterocycles. The molecular weight excluding hydrogens is 505 g/mol. The van der Waals surface area contributed by atoms with Crippen LogP contribution in [-0.2, 0) is 4.79 Å². The van der Waals surface area contributed by atoms with E-state index in [2.05, 4.69) is 9.69 Å². The number of amides is 2. The minimum absolute atomic E-state index is 0.0229. The summed E-state index contributed by atoms with van der Waals surface area (Å²) in [6.45, 7) is 3.90. The highest BCUT2D eigenvalue weighted by atomic mass is 35.5. The van der Waals surface area contributed by atoms with Gasteiger partial charge in [-0.05, 0) is 73.1 Å². The van der Waals surface area contributed by atoms with Crippen LogP contribution in [0, 0.1) is 13.8 Å². The molecule has 2 aromatic carbocycles. The fraction of sp³-hybridized carbons (Fsp3) is 0.346. The molecule has 1 N–H and O–H groups in total. The van der Waals surface area contributed by atoms with Crippen molar-refractivity contribution in [3.05, 3.63) is 74.2 Å². The number of carbonyl (C=O) groups excluding carboxylic acids is 2. The normalized spacial score (nSPS) is 14.5. The molecule has 0 aliphatic heterocycles. The molecule has 1 aliphatic carbocycles. The van der Waals surface area contributed by atoms with E-state index in [1.807, 2.05) is 32.0 Å². The van der Waals surface area contributed by atoms with Gasteiger partial charge in [0.05, 0.1) is 7.11 Å². The molecule has 1 aliphatic rings. The van der Waals surface area contributed by atoms with E-state index >= 15 is 0 Å². The molecular formula is C26H27Cl2N3O3S. The third kappa shape index (κ3) is 5.32. The Balaban J connectivity index is 1.88. The van der Waals surface area contributed by atoms with Crippen LogP contribution in [0.4, 0.5) is 5.69 Å². The molecule has 1 unspecified atom stereocenters. The first kappa shape index (κ1) is 25.5. The van der Waals surface area contributed by atoms with Crippen LogP contribution in [0.1, 0.15) is 58.9 Å².